The van der Waals surface area contributed by atoms with E-state index in [1.165, 1.54) is 0 Å². The lowest BCUT2D eigenvalue weighted by molar-refractivity contribution is 0.441. The molecule has 0 aliphatic carbocycles. The summed E-state index contributed by atoms with van der Waals surface area (Å²) < 4.78 is 7.71. The Bertz CT molecular complexity index is 715. The number of imidazole rings is 1. The third-order valence-corrected chi connectivity index (χ3v) is 3.17. The van der Waals surface area contributed by atoms with Crippen LogP contribution >= 0.6 is 0 Å². The van der Waals surface area contributed by atoms with Crippen molar-refractivity contribution in [1.82, 2.24) is 25.1 Å². The Hall–Kier alpha value is -2.21. The minimum Gasteiger partial charge on any atom is -0.423 e. The van der Waals surface area contributed by atoms with Crippen LogP contribution in [0.3, 0.4) is 0 Å². The molecule has 1 aromatic carbocycles. The number of nitrogens with zero attached hydrogens (tertiary/aromatic N) is 4. The van der Waals surface area contributed by atoms with Crippen LogP contribution in [0.4, 0.5) is 0 Å². The number of para-hydroxylation sites is 2. The van der Waals surface area contributed by atoms with E-state index in [0.29, 0.717) is 24.9 Å². The van der Waals surface area contributed by atoms with Gasteiger partial charge in [-0.1, -0.05) is 19.1 Å². The van der Waals surface area contributed by atoms with E-state index in [0.717, 1.165) is 23.3 Å². The molecular formula is C14H17N5O. The second-order valence-corrected chi connectivity index (χ2v) is 4.58. The molecule has 1 N–H and O–H groups in total. The van der Waals surface area contributed by atoms with Crippen molar-refractivity contribution in [2.45, 2.75) is 26.4 Å². The molecular weight excluding hydrogens is 254 g/mol. The molecule has 104 valence electrons. The van der Waals surface area contributed by atoms with Gasteiger partial charge in [0, 0.05) is 6.42 Å². The van der Waals surface area contributed by atoms with Crippen LogP contribution < -0.4 is 5.32 Å². The van der Waals surface area contributed by atoms with Crippen LogP contribution in [0.25, 0.3) is 11.0 Å². The van der Waals surface area contributed by atoms with Gasteiger partial charge in [0.2, 0.25) is 11.8 Å². The van der Waals surface area contributed by atoms with Crippen LogP contribution in [-0.2, 0) is 19.5 Å². The quantitative estimate of drug-likeness (QED) is 0.765. The fourth-order valence-corrected chi connectivity index (χ4v) is 2.23. The van der Waals surface area contributed by atoms with Crippen molar-refractivity contribution < 1.29 is 4.42 Å². The Labute approximate surface area is 116 Å². The maximum absolute atomic E-state index is 5.60. The molecule has 0 atom stereocenters. The molecule has 0 spiro atoms. The number of hydrogen-bond acceptors (Lipinski definition) is 5. The lowest BCUT2D eigenvalue weighted by atomic mass is 10.3. The number of aromatic nitrogens is 4. The SMILES string of the molecule is CCc1nnc(Cn2c(CNC)nc3ccccc32)o1. The number of nitrogens with one attached hydrogen (secondary N) is 1. The molecule has 0 saturated heterocycles. The van der Waals surface area contributed by atoms with Crippen molar-refractivity contribution >= 4 is 11.0 Å². The highest BCUT2D eigenvalue weighted by Gasteiger charge is 2.13. The average molecular weight is 271 g/mol. The van der Waals surface area contributed by atoms with E-state index in [1.54, 1.807) is 0 Å². The summed E-state index contributed by atoms with van der Waals surface area (Å²) in [5, 5.41) is 11.2. The summed E-state index contributed by atoms with van der Waals surface area (Å²) in [7, 11) is 1.91. The lowest BCUT2D eigenvalue weighted by Gasteiger charge is -2.05. The van der Waals surface area contributed by atoms with Gasteiger partial charge in [-0.25, -0.2) is 4.98 Å². The summed E-state index contributed by atoms with van der Waals surface area (Å²) in [4.78, 5) is 4.64. The summed E-state index contributed by atoms with van der Waals surface area (Å²) in [6, 6.07) is 8.06. The molecule has 0 amide bonds. The fraction of sp³-hybridized carbons (Fsp3) is 0.357. The highest BCUT2D eigenvalue weighted by molar-refractivity contribution is 5.75. The van der Waals surface area contributed by atoms with Gasteiger partial charge in [-0.15, -0.1) is 10.2 Å². The van der Waals surface area contributed by atoms with E-state index in [1.807, 2.05) is 32.2 Å². The highest BCUT2D eigenvalue weighted by Crippen LogP contribution is 2.17. The van der Waals surface area contributed by atoms with E-state index >= 15 is 0 Å². The molecule has 2 heterocycles. The number of aryl methyl sites for hydroxylation is 1. The third kappa shape index (κ3) is 2.30. The topological polar surface area (TPSA) is 68.8 Å². The first-order valence-electron chi connectivity index (χ1n) is 6.71. The normalized spacial score (nSPS) is 11.3. The van der Waals surface area contributed by atoms with Crippen LogP contribution in [-0.4, -0.2) is 26.8 Å². The third-order valence-electron chi connectivity index (χ3n) is 3.17. The molecule has 6 nitrogen and oxygen atoms in total. The molecule has 3 aromatic rings. The molecule has 6 heteroatoms. The first-order valence-corrected chi connectivity index (χ1v) is 6.71. The second kappa shape index (κ2) is 5.42. The molecule has 0 fully saturated rings. The first kappa shape index (κ1) is 12.8. The molecule has 3 rings (SSSR count). The van der Waals surface area contributed by atoms with E-state index in [9.17, 15) is 0 Å². The zero-order chi connectivity index (χ0) is 13.9. The van der Waals surface area contributed by atoms with Crippen molar-refractivity contribution in [1.29, 1.82) is 0 Å². The van der Waals surface area contributed by atoms with Gasteiger partial charge in [-0.2, -0.15) is 0 Å². The van der Waals surface area contributed by atoms with E-state index in [4.69, 9.17) is 4.42 Å². The monoisotopic (exact) mass is 271 g/mol. The smallest absolute Gasteiger partial charge is 0.236 e. The minimum atomic E-state index is 0.546. The largest absolute Gasteiger partial charge is 0.423 e. The molecule has 0 unspecified atom stereocenters. The summed E-state index contributed by atoms with van der Waals surface area (Å²) in [5.74, 6) is 2.24. The first-order chi connectivity index (χ1) is 9.81. The van der Waals surface area contributed by atoms with Gasteiger partial charge < -0.3 is 14.3 Å². The Morgan fingerprint density at radius 2 is 2.00 bits per heavy atom. The van der Waals surface area contributed by atoms with Gasteiger partial charge in [-0.05, 0) is 19.2 Å². The van der Waals surface area contributed by atoms with E-state index in [-0.39, 0.29) is 0 Å². The van der Waals surface area contributed by atoms with Crippen LogP contribution in [0.2, 0.25) is 0 Å². The van der Waals surface area contributed by atoms with Gasteiger partial charge in [0.05, 0.1) is 17.6 Å². The zero-order valence-electron chi connectivity index (χ0n) is 11.6. The van der Waals surface area contributed by atoms with Crippen LogP contribution in [0.1, 0.15) is 24.5 Å². The molecule has 0 bridgehead atoms. The van der Waals surface area contributed by atoms with Crippen molar-refractivity contribution in [2.75, 3.05) is 7.05 Å². The number of benzene rings is 1. The van der Waals surface area contributed by atoms with Crippen molar-refractivity contribution in [3.63, 3.8) is 0 Å². The molecule has 0 saturated carbocycles. The van der Waals surface area contributed by atoms with Gasteiger partial charge in [0.1, 0.15) is 12.4 Å². The van der Waals surface area contributed by atoms with Crippen molar-refractivity contribution in [2.24, 2.45) is 0 Å². The maximum Gasteiger partial charge on any atom is 0.236 e. The summed E-state index contributed by atoms with van der Waals surface area (Å²) in [6.45, 7) is 3.24. The van der Waals surface area contributed by atoms with E-state index in [2.05, 4.69) is 31.1 Å². The van der Waals surface area contributed by atoms with Gasteiger partial charge in [-0.3, -0.25) is 0 Å². The summed E-state index contributed by atoms with van der Waals surface area (Å²) in [6.07, 6.45) is 0.751. The van der Waals surface area contributed by atoms with Crippen molar-refractivity contribution in [3.8, 4) is 0 Å². The van der Waals surface area contributed by atoms with Crippen LogP contribution in [0, 0.1) is 0 Å². The van der Waals surface area contributed by atoms with Crippen LogP contribution in [0.15, 0.2) is 28.7 Å². The predicted molar refractivity (Wildman–Crippen MR) is 75.3 cm³/mol. The number of rotatable bonds is 5. The van der Waals surface area contributed by atoms with Gasteiger partial charge in [0.25, 0.3) is 0 Å². The van der Waals surface area contributed by atoms with Gasteiger partial charge in [0.15, 0.2) is 0 Å². The Morgan fingerprint density at radius 1 is 1.20 bits per heavy atom. The Kier molecular flexibility index (Phi) is 3.47. The average Bonchev–Trinajstić information content (AvgIpc) is 3.05. The van der Waals surface area contributed by atoms with Crippen molar-refractivity contribution in [3.05, 3.63) is 41.9 Å². The van der Waals surface area contributed by atoms with Crippen LogP contribution in [0.5, 0.6) is 0 Å². The Morgan fingerprint density at radius 3 is 2.75 bits per heavy atom. The number of fused-ring (bicyclic) bond motifs is 1. The standard InChI is InChI=1S/C14H17N5O/c1-3-13-17-18-14(20-13)9-19-11-7-5-4-6-10(11)16-12(19)8-15-2/h4-7,15H,3,8-9H2,1-2H3. The minimum absolute atomic E-state index is 0.546. The number of hydrogen-bond donors (Lipinski definition) is 1. The second-order valence-electron chi connectivity index (χ2n) is 4.58. The predicted octanol–water partition coefficient (Wildman–Crippen LogP) is 1.75. The summed E-state index contributed by atoms with van der Waals surface area (Å²) in [5.41, 5.74) is 2.06. The lowest BCUT2D eigenvalue weighted by Crippen LogP contribution is -2.13. The molecule has 0 aliphatic heterocycles. The molecule has 2 aromatic heterocycles. The molecule has 20 heavy (non-hydrogen) atoms. The summed E-state index contributed by atoms with van der Waals surface area (Å²) >= 11 is 0. The van der Waals surface area contributed by atoms with Gasteiger partial charge >= 0.3 is 0 Å². The van der Waals surface area contributed by atoms with E-state index < -0.39 is 0 Å². The fourth-order valence-electron chi connectivity index (χ4n) is 2.23. The molecule has 0 aliphatic rings. The maximum atomic E-state index is 5.60. The highest BCUT2D eigenvalue weighted by atomic mass is 16.4. The zero-order valence-corrected chi connectivity index (χ0v) is 11.6. The molecule has 0 radical (unpaired) electrons. The Balaban J connectivity index is 2.01.